The van der Waals surface area contributed by atoms with E-state index in [4.69, 9.17) is 0 Å². The molecule has 0 aromatic rings. The first-order chi connectivity index (χ1) is 6.02. The molecule has 2 rings (SSSR count). The summed E-state index contributed by atoms with van der Waals surface area (Å²) in [6.45, 7) is 8.42. The molecule has 0 radical (unpaired) electrons. The predicted octanol–water partition coefficient (Wildman–Crippen LogP) is 2.95. The second-order valence-electron chi connectivity index (χ2n) is 6.14. The minimum Gasteiger partial charge on any atom is -0.313 e. The van der Waals surface area contributed by atoms with Gasteiger partial charge in [-0.15, -0.1) is 0 Å². The third-order valence-corrected chi connectivity index (χ3v) is 4.10. The van der Waals surface area contributed by atoms with E-state index in [9.17, 15) is 0 Å². The molecule has 0 heterocycles. The van der Waals surface area contributed by atoms with Crippen molar-refractivity contribution in [3.05, 3.63) is 0 Å². The fraction of sp³-hybridized carbons (Fsp3) is 1.00. The van der Waals surface area contributed by atoms with Gasteiger partial charge >= 0.3 is 0 Å². The second-order valence-corrected chi connectivity index (χ2v) is 6.14. The van der Waals surface area contributed by atoms with Gasteiger partial charge in [-0.1, -0.05) is 33.6 Å². The third kappa shape index (κ3) is 2.07. The van der Waals surface area contributed by atoms with Gasteiger partial charge in [0, 0.05) is 12.6 Å². The Hall–Kier alpha value is -0.0400. The molecule has 1 nitrogen and oxygen atoms in total. The van der Waals surface area contributed by atoms with Gasteiger partial charge in [0.15, 0.2) is 0 Å². The Morgan fingerprint density at radius 1 is 1.15 bits per heavy atom. The molecule has 0 amide bonds. The van der Waals surface area contributed by atoms with E-state index in [0.29, 0.717) is 10.8 Å². The van der Waals surface area contributed by atoms with E-state index in [1.807, 2.05) is 0 Å². The monoisotopic (exact) mass is 181 g/mol. The van der Waals surface area contributed by atoms with Crippen LogP contribution in [0.25, 0.3) is 0 Å². The lowest BCUT2D eigenvalue weighted by atomic mass is 9.89. The Labute approximate surface area is 82.3 Å². The summed E-state index contributed by atoms with van der Waals surface area (Å²) in [5.41, 5.74) is 1.22. The van der Waals surface area contributed by atoms with Crippen LogP contribution in [0.15, 0.2) is 0 Å². The normalized spacial score (nSPS) is 34.8. The van der Waals surface area contributed by atoms with Gasteiger partial charge in [0.2, 0.25) is 0 Å². The highest BCUT2D eigenvalue weighted by atomic mass is 15.0. The van der Waals surface area contributed by atoms with Gasteiger partial charge in [-0.25, -0.2) is 0 Å². The standard InChI is InChI=1S/C12H23N/c1-11(2)8-10(11)13-9-12(3)6-4-5-7-12/h10,13H,4-9H2,1-3H3. The average Bonchev–Trinajstić information content (AvgIpc) is 2.43. The van der Waals surface area contributed by atoms with Crippen molar-refractivity contribution in [2.24, 2.45) is 10.8 Å². The highest BCUT2D eigenvalue weighted by Gasteiger charge is 2.46. The van der Waals surface area contributed by atoms with Crippen LogP contribution in [-0.2, 0) is 0 Å². The van der Waals surface area contributed by atoms with Crippen LogP contribution in [0.3, 0.4) is 0 Å². The Bertz CT molecular complexity index is 189. The summed E-state index contributed by atoms with van der Waals surface area (Å²) >= 11 is 0. The molecule has 0 aliphatic heterocycles. The smallest absolute Gasteiger partial charge is 0.0125 e. The van der Waals surface area contributed by atoms with Crippen molar-refractivity contribution in [3.63, 3.8) is 0 Å². The summed E-state index contributed by atoms with van der Waals surface area (Å²) in [5.74, 6) is 0. The van der Waals surface area contributed by atoms with E-state index in [1.165, 1.54) is 38.6 Å². The number of hydrogen-bond acceptors (Lipinski definition) is 1. The van der Waals surface area contributed by atoms with Crippen LogP contribution < -0.4 is 5.32 Å². The maximum Gasteiger partial charge on any atom is 0.0125 e. The second kappa shape index (κ2) is 2.98. The number of nitrogens with one attached hydrogen (secondary N) is 1. The van der Waals surface area contributed by atoms with E-state index < -0.39 is 0 Å². The molecule has 0 saturated heterocycles. The van der Waals surface area contributed by atoms with Crippen LogP contribution >= 0.6 is 0 Å². The van der Waals surface area contributed by atoms with Gasteiger partial charge in [-0.2, -0.15) is 0 Å². The molecule has 0 spiro atoms. The Morgan fingerprint density at radius 3 is 2.15 bits per heavy atom. The Balaban J connectivity index is 1.74. The molecule has 76 valence electrons. The maximum atomic E-state index is 3.73. The molecule has 0 bridgehead atoms. The summed E-state index contributed by atoms with van der Waals surface area (Å²) in [6, 6.07) is 0.810. The van der Waals surface area contributed by atoms with Gasteiger partial charge in [0.1, 0.15) is 0 Å². The van der Waals surface area contributed by atoms with Gasteiger partial charge in [0.05, 0.1) is 0 Å². The molecule has 1 heteroatoms. The average molecular weight is 181 g/mol. The molecule has 2 aliphatic rings. The first kappa shape index (κ1) is 9.51. The molecule has 13 heavy (non-hydrogen) atoms. The molecule has 0 aromatic carbocycles. The quantitative estimate of drug-likeness (QED) is 0.706. The van der Waals surface area contributed by atoms with Crippen LogP contribution in [0.5, 0.6) is 0 Å². The topological polar surface area (TPSA) is 12.0 Å². The van der Waals surface area contributed by atoms with Crippen molar-refractivity contribution < 1.29 is 0 Å². The van der Waals surface area contributed by atoms with Crippen LogP contribution in [-0.4, -0.2) is 12.6 Å². The van der Waals surface area contributed by atoms with Crippen LogP contribution in [0.4, 0.5) is 0 Å². The number of hydrogen-bond donors (Lipinski definition) is 1. The predicted molar refractivity (Wildman–Crippen MR) is 56.8 cm³/mol. The summed E-state index contributed by atoms with van der Waals surface area (Å²) < 4.78 is 0. The summed E-state index contributed by atoms with van der Waals surface area (Å²) in [6.07, 6.45) is 7.15. The molecule has 1 N–H and O–H groups in total. The summed E-state index contributed by atoms with van der Waals surface area (Å²) in [7, 11) is 0. The van der Waals surface area contributed by atoms with Crippen LogP contribution in [0.2, 0.25) is 0 Å². The Kier molecular flexibility index (Phi) is 2.18. The van der Waals surface area contributed by atoms with E-state index in [0.717, 1.165) is 6.04 Å². The molecule has 1 unspecified atom stereocenters. The van der Waals surface area contributed by atoms with Gasteiger partial charge in [-0.05, 0) is 30.1 Å². The highest BCUT2D eigenvalue weighted by Crippen LogP contribution is 2.45. The van der Waals surface area contributed by atoms with Crippen molar-refractivity contribution in [1.29, 1.82) is 0 Å². The highest BCUT2D eigenvalue weighted by molar-refractivity contribution is 5.02. The van der Waals surface area contributed by atoms with E-state index in [-0.39, 0.29) is 0 Å². The molecular formula is C12H23N. The Morgan fingerprint density at radius 2 is 1.69 bits per heavy atom. The van der Waals surface area contributed by atoms with Crippen molar-refractivity contribution in [1.82, 2.24) is 5.32 Å². The van der Waals surface area contributed by atoms with Crippen molar-refractivity contribution >= 4 is 0 Å². The SMILES string of the molecule is CC1(CNC2CC2(C)C)CCCC1. The fourth-order valence-corrected chi connectivity index (χ4v) is 2.59. The van der Waals surface area contributed by atoms with Gasteiger partial charge in [0.25, 0.3) is 0 Å². The van der Waals surface area contributed by atoms with E-state index in [1.54, 1.807) is 0 Å². The first-order valence-electron chi connectivity index (χ1n) is 5.75. The van der Waals surface area contributed by atoms with Gasteiger partial charge < -0.3 is 5.32 Å². The van der Waals surface area contributed by atoms with Crippen molar-refractivity contribution in [2.45, 2.75) is 58.9 Å². The zero-order chi connectivity index (χ0) is 9.53. The molecule has 0 aromatic heterocycles. The zero-order valence-electron chi connectivity index (χ0n) is 9.32. The molecule has 2 saturated carbocycles. The summed E-state index contributed by atoms with van der Waals surface area (Å²) in [5, 5.41) is 3.73. The zero-order valence-corrected chi connectivity index (χ0v) is 9.32. The van der Waals surface area contributed by atoms with E-state index in [2.05, 4.69) is 26.1 Å². The van der Waals surface area contributed by atoms with Crippen molar-refractivity contribution in [2.75, 3.05) is 6.54 Å². The molecule has 1 atom stereocenters. The third-order valence-electron chi connectivity index (χ3n) is 4.10. The number of rotatable bonds is 3. The maximum absolute atomic E-state index is 3.73. The molecule has 2 aliphatic carbocycles. The molecule has 2 fully saturated rings. The fourth-order valence-electron chi connectivity index (χ4n) is 2.59. The summed E-state index contributed by atoms with van der Waals surface area (Å²) in [4.78, 5) is 0. The minimum atomic E-state index is 0.592. The molecular weight excluding hydrogens is 158 g/mol. The first-order valence-corrected chi connectivity index (χ1v) is 5.75. The van der Waals surface area contributed by atoms with Gasteiger partial charge in [-0.3, -0.25) is 0 Å². The minimum absolute atomic E-state index is 0.592. The lowest BCUT2D eigenvalue weighted by Crippen LogP contribution is -2.32. The van der Waals surface area contributed by atoms with Crippen LogP contribution in [0.1, 0.15) is 52.9 Å². The van der Waals surface area contributed by atoms with Crippen molar-refractivity contribution in [3.8, 4) is 0 Å². The van der Waals surface area contributed by atoms with E-state index >= 15 is 0 Å². The lowest BCUT2D eigenvalue weighted by Gasteiger charge is -2.24. The van der Waals surface area contributed by atoms with Crippen LogP contribution in [0, 0.1) is 10.8 Å². The largest absolute Gasteiger partial charge is 0.313 e. The lowest BCUT2D eigenvalue weighted by molar-refractivity contribution is 0.307.